The normalized spacial score (nSPS) is 16.8. The minimum Gasteiger partial charge on any atom is -0.481 e. The van der Waals surface area contributed by atoms with Crippen molar-refractivity contribution in [1.29, 1.82) is 0 Å². The van der Waals surface area contributed by atoms with Crippen LogP contribution in [0.1, 0.15) is 19.8 Å². The molecule has 8 heteroatoms. The maximum atomic E-state index is 10.6. The Morgan fingerprint density at radius 2 is 2.32 bits per heavy atom. The minimum atomic E-state index is -0.874. The van der Waals surface area contributed by atoms with E-state index in [1.807, 2.05) is 0 Å². The predicted molar refractivity (Wildman–Crippen MR) is 73.0 cm³/mol. The molecule has 1 aromatic heterocycles. The van der Waals surface area contributed by atoms with Gasteiger partial charge in [-0.05, 0) is 26.8 Å². The van der Waals surface area contributed by atoms with Crippen molar-refractivity contribution < 1.29 is 9.90 Å². The second-order valence-corrected chi connectivity index (χ2v) is 5.82. The maximum absolute atomic E-state index is 10.6. The van der Waals surface area contributed by atoms with E-state index in [1.54, 1.807) is 4.57 Å². The van der Waals surface area contributed by atoms with Crippen molar-refractivity contribution in [3.05, 3.63) is 0 Å². The minimum absolute atomic E-state index is 0.0367. The van der Waals surface area contributed by atoms with E-state index in [0.717, 1.165) is 11.8 Å². The van der Waals surface area contributed by atoms with E-state index in [4.69, 9.17) is 10.8 Å². The molecule has 2 rings (SSSR count). The van der Waals surface area contributed by atoms with Gasteiger partial charge in [-0.15, -0.1) is 10.2 Å². The van der Waals surface area contributed by atoms with Crippen LogP contribution in [0.15, 0.2) is 5.16 Å². The van der Waals surface area contributed by atoms with Crippen molar-refractivity contribution in [2.24, 2.45) is 0 Å². The molecule has 1 atom stereocenters. The third kappa shape index (κ3) is 3.60. The standard InChI is InChI=1S/C11H19N5O2S/c1-7(15(2)8-3-4-8)5-16-10(12)13-14-11(16)19-6-9(17)18/h7-8H,3-6H2,1-2H3,(H2,12,13)(H,17,18). The van der Waals surface area contributed by atoms with Crippen LogP contribution in [0.5, 0.6) is 0 Å². The Morgan fingerprint density at radius 1 is 1.63 bits per heavy atom. The summed E-state index contributed by atoms with van der Waals surface area (Å²) in [6, 6.07) is 0.984. The van der Waals surface area contributed by atoms with Crippen molar-refractivity contribution in [2.75, 3.05) is 18.5 Å². The number of likely N-dealkylation sites (N-methyl/N-ethyl adjacent to an activating group) is 1. The zero-order valence-corrected chi connectivity index (χ0v) is 11.9. The summed E-state index contributed by atoms with van der Waals surface area (Å²) < 4.78 is 1.79. The van der Waals surface area contributed by atoms with Crippen LogP contribution < -0.4 is 5.73 Å². The lowest BCUT2D eigenvalue weighted by atomic mass is 10.3. The zero-order chi connectivity index (χ0) is 14.0. The molecule has 0 aliphatic heterocycles. The van der Waals surface area contributed by atoms with E-state index >= 15 is 0 Å². The van der Waals surface area contributed by atoms with E-state index < -0.39 is 5.97 Å². The summed E-state index contributed by atoms with van der Waals surface area (Å²) in [7, 11) is 2.10. The summed E-state index contributed by atoms with van der Waals surface area (Å²) in [6.07, 6.45) is 2.50. The second-order valence-electron chi connectivity index (χ2n) is 4.88. The summed E-state index contributed by atoms with van der Waals surface area (Å²) in [4.78, 5) is 12.9. The van der Waals surface area contributed by atoms with Crippen LogP contribution in [0.4, 0.5) is 5.95 Å². The molecule has 0 saturated heterocycles. The Hall–Kier alpha value is -1.28. The first-order chi connectivity index (χ1) is 8.99. The van der Waals surface area contributed by atoms with E-state index in [9.17, 15) is 4.79 Å². The first kappa shape index (κ1) is 14.1. The molecule has 1 aliphatic carbocycles. The highest BCUT2D eigenvalue weighted by Gasteiger charge is 2.29. The fourth-order valence-electron chi connectivity index (χ4n) is 1.94. The summed E-state index contributed by atoms with van der Waals surface area (Å²) in [5.41, 5.74) is 5.80. The Kier molecular flexibility index (Phi) is 4.31. The lowest BCUT2D eigenvalue weighted by Crippen LogP contribution is -2.35. The molecule has 106 valence electrons. The fourth-order valence-corrected chi connectivity index (χ4v) is 2.61. The van der Waals surface area contributed by atoms with Gasteiger partial charge in [0.25, 0.3) is 0 Å². The van der Waals surface area contributed by atoms with Crippen LogP contribution in [-0.2, 0) is 11.3 Å². The summed E-state index contributed by atoms with van der Waals surface area (Å²) in [5.74, 6) is -0.574. The highest BCUT2D eigenvalue weighted by Crippen LogP contribution is 2.28. The van der Waals surface area contributed by atoms with Gasteiger partial charge in [0.1, 0.15) is 0 Å². The lowest BCUT2D eigenvalue weighted by molar-refractivity contribution is -0.133. The number of hydrogen-bond acceptors (Lipinski definition) is 6. The van der Waals surface area contributed by atoms with Crippen molar-refractivity contribution in [1.82, 2.24) is 19.7 Å². The zero-order valence-electron chi connectivity index (χ0n) is 11.1. The number of carboxylic acids is 1. The summed E-state index contributed by atoms with van der Waals surface area (Å²) in [6.45, 7) is 2.80. The molecule has 7 nitrogen and oxygen atoms in total. The molecule has 3 N–H and O–H groups in total. The molecule has 1 aromatic rings. The molecular formula is C11H19N5O2S. The molecule has 1 saturated carbocycles. The number of nitrogens with zero attached hydrogens (tertiary/aromatic N) is 4. The van der Waals surface area contributed by atoms with Gasteiger partial charge >= 0.3 is 5.97 Å². The number of nitrogen functional groups attached to an aromatic ring is 1. The molecule has 1 heterocycles. The fraction of sp³-hybridized carbons (Fsp3) is 0.727. The Bertz CT molecular complexity index is 460. The molecule has 0 spiro atoms. The summed E-state index contributed by atoms with van der Waals surface area (Å²) >= 11 is 1.14. The van der Waals surface area contributed by atoms with Crippen LogP contribution in [0.3, 0.4) is 0 Å². The first-order valence-electron chi connectivity index (χ1n) is 6.24. The topological polar surface area (TPSA) is 97.3 Å². The molecular weight excluding hydrogens is 266 g/mol. The van der Waals surface area contributed by atoms with Gasteiger partial charge in [0.05, 0.1) is 5.75 Å². The van der Waals surface area contributed by atoms with Crippen LogP contribution in [-0.4, -0.2) is 55.6 Å². The average Bonchev–Trinajstić information content (AvgIpc) is 3.14. The molecule has 1 fully saturated rings. The van der Waals surface area contributed by atoms with Gasteiger partial charge in [-0.1, -0.05) is 11.8 Å². The van der Waals surface area contributed by atoms with Gasteiger partial charge in [0.2, 0.25) is 5.95 Å². The van der Waals surface area contributed by atoms with Gasteiger partial charge in [-0.2, -0.15) is 0 Å². The third-order valence-corrected chi connectivity index (χ3v) is 4.29. The van der Waals surface area contributed by atoms with Crippen LogP contribution in [0, 0.1) is 0 Å². The maximum Gasteiger partial charge on any atom is 0.313 e. The molecule has 19 heavy (non-hydrogen) atoms. The number of hydrogen-bond donors (Lipinski definition) is 2. The quantitative estimate of drug-likeness (QED) is 0.705. The number of aromatic nitrogens is 3. The van der Waals surface area contributed by atoms with Crippen LogP contribution in [0.25, 0.3) is 0 Å². The van der Waals surface area contributed by atoms with E-state index in [0.29, 0.717) is 29.7 Å². The number of carbonyl (C=O) groups is 1. The van der Waals surface area contributed by atoms with E-state index in [2.05, 4.69) is 29.1 Å². The van der Waals surface area contributed by atoms with Gasteiger partial charge in [-0.3, -0.25) is 14.3 Å². The SMILES string of the molecule is CC(Cn1c(N)nnc1SCC(=O)O)N(C)C1CC1. The molecule has 1 unspecified atom stereocenters. The third-order valence-electron chi connectivity index (χ3n) is 3.34. The van der Waals surface area contributed by atoms with Gasteiger partial charge in [-0.25, -0.2) is 0 Å². The van der Waals surface area contributed by atoms with E-state index in [-0.39, 0.29) is 5.75 Å². The monoisotopic (exact) mass is 285 g/mol. The number of anilines is 1. The van der Waals surface area contributed by atoms with Crippen molar-refractivity contribution >= 4 is 23.7 Å². The largest absolute Gasteiger partial charge is 0.481 e. The average molecular weight is 285 g/mol. The first-order valence-corrected chi connectivity index (χ1v) is 7.22. The highest BCUT2D eigenvalue weighted by atomic mass is 32.2. The van der Waals surface area contributed by atoms with Gasteiger partial charge < -0.3 is 10.8 Å². The Labute approximate surface area is 116 Å². The molecule has 0 radical (unpaired) electrons. The van der Waals surface area contributed by atoms with Gasteiger partial charge in [0.15, 0.2) is 5.16 Å². The Morgan fingerprint density at radius 3 is 2.89 bits per heavy atom. The Balaban J connectivity index is 2.01. The number of thioether (sulfide) groups is 1. The van der Waals surface area contributed by atoms with Crippen molar-refractivity contribution in [3.63, 3.8) is 0 Å². The van der Waals surface area contributed by atoms with Gasteiger partial charge in [0, 0.05) is 18.6 Å². The summed E-state index contributed by atoms with van der Waals surface area (Å²) in [5, 5.41) is 17.0. The second kappa shape index (κ2) is 5.79. The molecule has 0 aromatic carbocycles. The van der Waals surface area contributed by atoms with E-state index in [1.165, 1.54) is 12.8 Å². The van der Waals surface area contributed by atoms with Crippen LogP contribution >= 0.6 is 11.8 Å². The number of carboxylic acid groups (broad SMARTS) is 1. The molecule has 0 bridgehead atoms. The smallest absolute Gasteiger partial charge is 0.313 e. The van der Waals surface area contributed by atoms with Crippen molar-refractivity contribution in [3.8, 4) is 0 Å². The molecule has 0 amide bonds. The number of rotatable bonds is 7. The van der Waals surface area contributed by atoms with Crippen molar-refractivity contribution in [2.45, 2.75) is 43.6 Å². The lowest BCUT2D eigenvalue weighted by Gasteiger charge is -2.25. The number of aliphatic carboxylic acids is 1. The molecule has 1 aliphatic rings. The number of nitrogens with two attached hydrogens (primary N) is 1. The highest BCUT2D eigenvalue weighted by molar-refractivity contribution is 7.99. The predicted octanol–water partition coefficient (Wildman–Crippen LogP) is 0.520. The van der Waals surface area contributed by atoms with Crippen LogP contribution in [0.2, 0.25) is 0 Å².